The quantitative estimate of drug-likeness (QED) is 0.398. The van der Waals surface area contributed by atoms with E-state index >= 15 is 0 Å². The van der Waals surface area contributed by atoms with Gasteiger partial charge in [0.2, 0.25) is 5.91 Å². The van der Waals surface area contributed by atoms with Crippen LogP contribution in [-0.2, 0) is 13.0 Å². The average Bonchev–Trinajstić information content (AvgIpc) is 2.96. The van der Waals surface area contributed by atoms with Crippen LogP contribution in [0.15, 0.2) is 48.5 Å². The van der Waals surface area contributed by atoms with Crippen molar-refractivity contribution in [2.45, 2.75) is 32.7 Å². The molecule has 0 saturated carbocycles. The van der Waals surface area contributed by atoms with Gasteiger partial charge >= 0.3 is 0 Å². The molecule has 32 heavy (non-hydrogen) atoms. The van der Waals surface area contributed by atoms with Crippen LogP contribution in [0.5, 0.6) is 0 Å². The number of thiophene rings is 1. The zero-order valence-electron chi connectivity index (χ0n) is 17.9. The van der Waals surface area contributed by atoms with Crippen molar-refractivity contribution in [2.75, 3.05) is 17.2 Å². The van der Waals surface area contributed by atoms with Gasteiger partial charge in [0.05, 0.1) is 16.9 Å². The van der Waals surface area contributed by atoms with Gasteiger partial charge in [-0.25, -0.2) is 9.97 Å². The summed E-state index contributed by atoms with van der Waals surface area (Å²) in [7, 11) is 0. The molecule has 1 aliphatic rings. The highest BCUT2D eigenvalue weighted by molar-refractivity contribution is 7.20. The minimum atomic E-state index is -0.416. The van der Waals surface area contributed by atoms with E-state index < -0.39 is 5.91 Å². The Morgan fingerprint density at radius 2 is 1.97 bits per heavy atom. The predicted molar refractivity (Wildman–Crippen MR) is 131 cm³/mol. The van der Waals surface area contributed by atoms with Crippen LogP contribution in [0, 0.1) is 6.92 Å². The van der Waals surface area contributed by atoms with E-state index in [2.05, 4.69) is 29.7 Å². The molecule has 1 aliphatic heterocycles. The Morgan fingerprint density at radius 1 is 1.12 bits per heavy atom. The van der Waals surface area contributed by atoms with Crippen LogP contribution < -0.4 is 16.4 Å². The maximum atomic E-state index is 12.0. The lowest BCUT2D eigenvalue weighted by molar-refractivity contribution is 0.100. The SMILES string of the molecule is Cc1sc2c(C(N)=O)cccc2c1-c1nc2c(c(NCc3ccccc3)n1)NCCCC2. The summed E-state index contributed by atoms with van der Waals surface area (Å²) in [4.78, 5) is 23.0. The second-order valence-corrected chi connectivity index (χ2v) is 9.25. The smallest absolute Gasteiger partial charge is 0.250 e. The van der Waals surface area contributed by atoms with E-state index in [0.29, 0.717) is 17.9 Å². The third-order valence-electron chi connectivity index (χ3n) is 5.81. The minimum Gasteiger partial charge on any atom is -0.381 e. The monoisotopic (exact) mass is 443 g/mol. The van der Waals surface area contributed by atoms with Crippen LogP contribution in [0.1, 0.15) is 39.3 Å². The van der Waals surface area contributed by atoms with Gasteiger partial charge in [-0.3, -0.25) is 4.79 Å². The van der Waals surface area contributed by atoms with Gasteiger partial charge < -0.3 is 16.4 Å². The normalized spacial score (nSPS) is 13.3. The highest BCUT2D eigenvalue weighted by Gasteiger charge is 2.22. The van der Waals surface area contributed by atoms with Crippen molar-refractivity contribution in [1.82, 2.24) is 9.97 Å². The first-order chi connectivity index (χ1) is 15.6. The summed E-state index contributed by atoms with van der Waals surface area (Å²) < 4.78 is 0.892. The number of nitrogens with zero attached hydrogens (tertiary/aromatic N) is 2. The molecule has 0 spiro atoms. The van der Waals surface area contributed by atoms with Crippen molar-refractivity contribution in [1.29, 1.82) is 0 Å². The molecular weight excluding hydrogens is 418 g/mol. The summed E-state index contributed by atoms with van der Waals surface area (Å²) in [6.07, 6.45) is 3.10. The predicted octanol–water partition coefficient (Wildman–Crippen LogP) is 5.13. The summed E-state index contributed by atoms with van der Waals surface area (Å²) >= 11 is 1.57. The molecule has 0 aliphatic carbocycles. The van der Waals surface area contributed by atoms with Crippen LogP contribution in [0.4, 0.5) is 11.5 Å². The second-order valence-electron chi connectivity index (χ2n) is 8.02. The van der Waals surface area contributed by atoms with E-state index in [1.807, 2.05) is 30.3 Å². The molecule has 2 aromatic heterocycles. The zero-order valence-corrected chi connectivity index (χ0v) is 18.8. The van der Waals surface area contributed by atoms with Crippen molar-refractivity contribution < 1.29 is 4.79 Å². The molecule has 0 unspecified atom stereocenters. The van der Waals surface area contributed by atoms with E-state index in [0.717, 1.165) is 63.5 Å². The molecule has 5 rings (SSSR count). The Morgan fingerprint density at radius 3 is 2.78 bits per heavy atom. The number of primary amides is 1. The van der Waals surface area contributed by atoms with Crippen LogP contribution in [0.2, 0.25) is 0 Å². The number of amides is 1. The summed E-state index contributed by atoms with van der Waals surface area (Å²) in [6.45, 7) is 3.65. The number of benzene rings is 2. The van der Waals surface area contributed by atoms with Crippen molar-refractivity contribution in [3.63, 3.8) is 0 Å². The number of carbonyl (C=O) groups is 1. The first kappa shape index (κ1) is 20.5. The number of hydrogen-bond donors (Lipinski definition) is 3. The molecule has 1 amide bonds. The summed E-state index contributed by atoms with van der Waals surface area (Å²) in [5, 5.41) is 8.04. The molecule has 0 atom stereocenters. The van der Waals surface area contributed by atoms with Crippen LogP contribution in [0.25, 0.3) is 21.5 Å². The van der Waals surface area contributed by atoms with Gasteiger partial charge in [-0.1, -0.05) is 42.5 Å². The largest absolute Gasteiger partial charge is 0.381 e. The molecule has 4 N–H and O–H groups in total. The van der Waals surface area contributed by atoms with Gasteiger partial charge in [0.25, 0.3) is 0 Å². The number of fused-ring (bicyclic) bond motifs is 2. The maximum Gasteiger partial charge on any atom is 0.250 e. The molecule has 0 bridgehead atoms. The van der Waals surface area contributed by atoms with E-state index in [-0.39, 0.29) is 0 Å². The summed E-state index contributed by atoms with van der Waals surface area (Å²) in [5.41, 5.74) is 10.4. The van der Waals surface area contributed by atoms with E-state index in [4.69, 9.17) is 15.7 Å². The Hall–Kier alpha value is -3.45. The molecule has 162 valence electrons. The van der Waals surface area contributed by atoms with Crippen LogP contribution in [0.3, 0.4) is 0 Å². The lowest BCUT2D eigenvalue weighted by Crippen LogP contribution is -2.11. The number of aryl methyl sites for hydroxylation is 2. The Labute approximate surface area is 190 Å². The molecule has 6 nitrogen and oxygen atoms in total. The van der Waals surface area contributed by atoms with Crippen LogP contribution >= 0.6 is 11.3 Å². The first-order valence-corrected chi connectivity index (χ1v) is 11.7. The van der Waals surface area contributed by atoms with Gasteiger partial charge in [-0.2, -0.15) is 0 Å². The molecule has 0 saturated heterocycles. The molecule has 4 aromatic rings. The van der Waals surface area contributed by atoms with Gasteiger partial charge in [-0.15, -0.1) is 11.3 Å². The Kier molecular flexibility index (Phi) is 5.49. The Bertz CT molecular complexity index is 1300. The van der Waals surface area contributed by atoms with Gasteiger partial charge in [0.15, 0.2) is 11.6 Å². The number of nitrogens with one attached hydrogen (secondary N) is 2. The van der Waals surface area contributed by atoms with Crippen molar-refractivity contribution in [3.05, 3.63) is 70.2 Å². The first-order valence-electron chi connectivity index (χ1n) is 10.9. The molecule has 2 aromatic carbocycles. The topological polar surface area (TPSA) is 92.9 Å². The van der Waals surface area contributed by atoms with E-state index in [9.17, 15) is 4.79 Å². The number of anilines is 2. The molecule has 0 radical (unpaired) electrons. The molecule has 0 fully saturated rings. The van der Waals surface area contributed by atoms with E-state index in [1.54, 1.807) is 17.4 Å². The third-order valence-corrected chi connectivity index (χ3v) is 6.96. The number of nitrogens with two attached hydrogens (primary N) is 1. The number of aromatic nitrogens is 2. The van der Waals surface area contributed by atoms with Crippen molar-refractivity contribution in [2.24, 2.45) is 5.73 Å². The fourth-order valence-electron chi connectivity index (χ4n) is 4.24. The lowest BCUT2D eigenvalue weighted by atomic mass is 10.1. The second kappa shape index (κ2) is 8.59. The highest BCUT2D eigenvalue weighted by atomic mass is 32.1. The minimum absolute atomic E-state index is 0.416. The van der Waals surface area contributed by atoms with E-state index in [1.165, 1.54) is 5.56 Å². The molecular formula is C25H25N5OS. The Balaban J connectivity index is 1.63. The van der Waals surface area contributed by atoms with Gasteiger partial charge in [0, 0.05) is 33.6 Å². The number of carbonyl (C=O) groups excluding carboxylic acids is 1. The third kappa shape index (κ3) is 3.80. The zero-order chi connectivity index (χ0) is 22.1. The fraction of sp³-hybridized carbons (Fsp3) is 0.240. The lowest BCUT2D eigenvalue weighted by Gasteiger charge is -2.16. The molecule has 3 heterocycles. The summed E-state index contributed by atoms with van der Waals surface area (Å²) in [5.74, 6) is 1.09. The number of rotatable bonds is 5. The average molecular weight is 444 g/mol. The molecule has 7 heteroatoms. The summed E-state index contributed by atoms with van der Waals surface area (Å²) in [6, 6.07) is 16.0. The van der Waals surface area contributed by atoms with Crippen LogP contribution in [-0.4, -0.2) is 22.4 Å². The van der Waals surface area contributed by atoms with Gasteiger partial charge in [0.1, 0.15) is 0 Å². The highest BCUT2D eigenvalue weighted by Crippen LogP contribution is 2.40. The standard InChI is InChI=1S/C25H25N5OS/c1-15-20(17-10-7-11-18(23(26)31)22(17)32-15)24-29-19-12-5-6-13-27-21(19)25(30-24)28-14-16-8-3-2-4-9-16/h2-4,7-11,27H,5-6,12-14H2,1H3,(H2,26,31)(H,28,29,30). The number of hydrogen-bond acceptors (Lipinski definition) is 6. The fourth-order valence-corrected chi connectivity index (χ4v) is 5.40. The van der Waals surface area contributed by atoms with Crippen molar-refractivity contribution >= 4 is 38.8 Å². The maximum absolute atomic E-state index is 12.0. The van der Waals surface area contributed by atoms with Crippen molar-refractivity contribution in [3.8, 4) is 11.4 Å². The van der Waals surface area contributed by atoms with Gasteiger partial charge in [-0.05, 0) is 37.8 Å².